The van der Waals surface area contributed by atoms with Crippen molar-refractivity contribution in [2.45, 2.75) is 27.2 Å². The third kappa shape index (κ3) is 5.31. The third-order valence-electron chi connectivity index (χ3n) is 6.55. The van der Waals surface area contributed by atoms with Crippen molar-refractivity contribution < 1.29 is 35.1 Å². The molecule has 0 atom stereocenters. The first-order valence-corrected chi connectivity index (χ1v) is 12.1. The molecule has 0 saturated carbocycles. The van der Waals surface area contributed by atoms with Crippen molar-refractivity contribution in [1.29, 1.82) is 0 Å². The molecule has 4 aromatic carbocycles. The molecule has 0 unspecified atom stereocenters. The molecule has 0 fully saturated rings. The number of aromatic carboxylic acids is 2. The van der Waals surface area contributed by atoms with Gasteiger partial charge in [0.15, 0.2) is 0 Å². The van der Waals surface area contributed by atoms with Crippen LogP contribution in [0.4, 0.5) is 0 Å². The lowest BCUT2D eigenvalue weighted by molar-refractivity contribution is 0.0682. The number of aromatic nitrogens is 1. The number of hydrogen-bond acceptors (Lipinski definition) is 6. The first-order valence-electron chi connectivity index (χ1n) is 12.1. The Morgan fingerprint density at radius 3 is 1.51 bits per heavy atom. The fourth-order valence-electron chi connectivity index (χ4n) is 4.70. The molecule has 5 rings (SSSR count). The average molecular weight is 526 g/mol. The molecule has 0 bridgehead atoms. The maximum atomic E-state index is 11.6. The molecule has 39 heavy (non-hydrogen) atoms. The first kappa shape index (κ1) is 26.9. The minimum absolute atomic E-state index is 0.0407. The summed E-state index contributed by atoms with van der Waals surface area (Å²) in [7, 11) is 0. The van der Waals surface area contributed by atoms with Crippen LogP contribution in [0.2, 0.25) is 0 Å². The van der Waals surface area contributed by atoms with Crippen LogP contribution in [-0.4, -0.2) is 42.5 Å². The Bertz CT molecular complexity index is 1630. The molecule has 5 aromatic rings. The number of carboxylic acid groups (broad SMARTS) is 2. The van der Waals surface area contributed by atoms with Gasteiger partial charge in [-0.15, -0.1) is 0 Å². The van der Waals surface area contributed by atoms with Gasteiger partial charge in [0, 0.05) is 23.2 Å². The van der Waals surface area contributed by atoms with E-state index in [4.69, 9.17) is 0 Å². The Labute approximate surface area is 224 Å². The lowest BCUT2D eigenvalue weighted by Gasteiger charge is -2.16. The molecule has 5 N–H and O–H groups in total. The minimum Gasteiger partial charge on any atom is -0.507 e. The van der Waals surface area contributed by atoms with Gasteiger partial charge in [-0.05, 0) is 66.1 Å². The van der Waals surface area contributed by atoms with Gasteiger partial charge in [-0.2, -0.15) is 0 Å². The largest absolute Gasteiger partial charge is 0.507 e. The monoisotopic (exact) mass is 525 g/mol. The van der Waals surface area contributed by atoms with Gasteiger partial charge in [0.2, 0.25) is 0 Å². The molecule has 1 aromatic heterocycles. The predicted octanol–water partition coefficient (Wildman–Crippen LogP) is 6.10. The summed E-state index contributed by atoms with van der Waals surface area (Å²) in [4.78, 5) is 27.3. The summed E-state index contributed by atoms with van der Waals surface area (Å²) in [6, 6.07) is 18.6. The summed E-state index contributed by atoms with van der Waals surface area (Å²) in [5.74, 6) is -3.04. The zero-order valence-electron chi connectivity index (χ0n) is 21.6. The van der Waals surface area contributed by atoms with Crippen LogP contribution in [-0.2, 0) is 6.42 Å². The van der Waals surface area contributed by atoms with Gasteiger partial charge in [-0.25, -0.2) is 9.59 Å². The van der Waals surface area contributed by atoms with Crippen LogP contribution < -0.4 is 0 Å². The van der Waals surface area contributed by atoms with Crippen molar-refractivity contribution in [1.82, 2.24) is 4.98 Å². The summed E-state index contributed by atoms with van der Waals surface area (Å²) < 4.78 is 0. The molecule has 0 aliphatic rings. The zero-order valence-corrected chi connectivity index (χ0v) is 21.6. The number of phenols is 2. The Kier molecular flexibility index (Phi) is 7.40. The standard InChI is InChI=1S/C23H16O6.C8H11NO/c24-20-16(14-7-3-1-5-12(14)9-18(20)22(26)27)11-17-15-8-4-2-6-13(15)10-19(21(17)25)23(28)29;1-5-4-6(2)9-7(3)8(5)10/h1-10,24-25H,11H2,(H,26,27)(H,28,29);4,10H,1-3H3. The van der Waals surface area contributed by atoms with Crippen molar-refractivity contribution in [3.63, 3.8) is 0 Å². The second-order valence-electron chi connectivity index (χ2n) is 9.25. The van der Waals surface area contributed by atoms with Crippen LogP contribution in [0.3, 0.4) is 0 Å². The average Bonchev–Trinajstić information content (AvgIpc) is 2.89. The van der Waals surface area contributed by atoms with Gasteiger partial charge >= 0.3 is 11.9 Å². The highest BCUT2D eigenvalue weighted by Crippen LogP contribution is 2.38. The summed E-state index contributed by atoms with van der Waals surface area (Å²) in [5.41, 5.74) is 2.66. The van der Waals surface area contributed by atoms with Crippen molar-refractivity contribution in [3.8, 4) is 17.2 Å². The molecule has 0 aliphatic heterocycles. The predicted molar refractivity (Wildman–Crippen MR) is 148 cm³/mol. The van der Waals surface area contributed by atoms with Gasteiger partial charge in [-0.3, -0.25) is 4.98 Å². The Morgan fingerprint density at radius 1 is 0.667 bits per heavy atom. The van der Waals surface area contributed by atoms with Crippen LogP contribution in [0.25, 0.3) is 21.5 Å². The maximum absolute atomic E-state index is 11.6. The second kappa shape index (κ2) is 10.7. The van der Waals surface area contributed by atoms with Gasteiger partial charge < -0.3 is 25.5 Å². The summed E-state index contributed by atoms with van der Waals surface area (Å²) >= 11 is 0. The molecule has 0 aliphatic carbocycles. The number of pyridine rings is 1. The van der Waals surface area contributed by atoms with E-state index in [1.54, 1.807) is 55.5 Å². The number of carbonyl (C=O) groups is 2. The fraction of sp³-hybridized carbons (Fsp3) is 0.129. The minimum atomic E-state index is -1.28. The van der Waals surface area contributed by atoms with Crippen molar-refractivity contribution in [3.05, 3.63) is 106 Å². The molecule has 0 amide bonds. The Hall–Kier alpha value is -5.11. The van der Waals surface area contributed by atoms with Crippen LogP contribution in [0.1, 0.15) is 48.8 Å². The van der Waals surface area contributed by atoms with Crippen molar-refractivity contribution >= 4 is 33.5 Å². The molecule has 0 spiro atoms. The van der Waals surface area contributed by atoms with E-state index in [2.05, 4.69) is 4.98 Å². The highest BCUT2D eigenvalue weighted by molar-refractivity contribution is 6.02. The number of carboxylic acids is 2. The van der Waals surface area contributed by atoms with Gasteiger partial charge in [0.05, 0.1) is 5.69 Å². The maximum Gasteiger partial charge on any atom is 0.339 e. The molecule has 198 valence electrons. The first-order chi connectivity index (χ1) is 18.5. The third-order valence-corrected chi connectivity index (χ3v) is 6.55. The van der Waals surface area contributed by atoms with Crippen LogP contribution in [0, 0.1) is 20.8 Å². The van der Waals surface area contributed by atoms with E-state index in [-0.39, 0.29) is 17.5 Å². The Balaban J connectivity index is 0.000000298. The molecule has 8 nitrogen and oxygen atoms in total. The van der Waals surface area contributed by atoms with Gasteiger partial charge in [0.1, 0.15) is 28.4 Å². The van der Waals surface area contributed by atoms with Crippen LogP contribution >= 0.6 is 0 Å². The number of hydrogen-bond donors (Lipinski definition) is 5. The number of rotatable bonds is 4. The summed E-state index contributed by atoms with van der Waals surface area (Å²) in [6.07, 6.45) is -0.0407. The lowest BCUT2D eigenvalue weighted by atomic mass is 9.90. The molecule has 1 heterocycles. The number of nitrogens with zero attached hydrogens (tertiary/aromatic N) is 1. The van der Waals surface area contributed by atoms with E-state index >= 15 is 0 Å². The summed E-state index contributed by atoms with van der Waals surface area (Å²) in [6.45, 7) is 5.59. The van der Waals surface area contributed by atoms with E-state index in [0.29, 0.717) is 44.1 Å². The molecule has 0 saturated heterocycles. The van der Waals surface area contributed by atoms with E-state index in [1.807, 2.05) is 19.9 Å². The number of benzene rings is 4. The Morgan fingerprint density at radius 2 is 1.10 bits per heavy atom. The van der Waals surface area contributed by atoms with Crippen LogP contribution in [0.5, 0.6) is 17.2 Å². The number of aromatic hydroxyl groups is 3. The van der Waals surface area contributed by atoms with E-state index in [1.165, 1.54) is 12.1 Å². The molecule has 8 heteroatoms. The second-order valence-corrected chi connectivity index (χ2v) is 9.25. The number of fused-ring (bicyclic) bond motifs is 2. The number of aryl methyl sites for hydroxylation is 3. The quantitative estimate of drug-likeness (QED) is 0.189. The van der Waals surface area contributed by atoms with E-state index in [0.717, 1.165) is 11.3 Å². The molecular weight excluding hydrogens is 498 g/mol. The van der Waals surface area contributed by atoms with Gasteiger partial charge in [-0.1, -0.05) is 48.5 Å². The summed E-state index contributed by atoms with van der Waals surface area (Å²) in [5, 5.41) is 52.1. The molecule has 0 radical (unpaired) electrons. The van der Waals surface area contributed by atoms with Crippen molar-refractivity contribution in [2.75, 3.05) is 0 Å². The SMILES string of the molecule is Cc1cc(C)c(O)c(C)n1.O=C(O)c1cc2ccccc2c(Cc2c(O)c(C(=O)O)cc3ccccc23)c1O. The van der Waals surface area contributed by atoms with E-state index in [9.17, 15) is 35.1 Å². The zero-order chi connectivity index (χ0) is 28.4. The van der Waals surface area contributed by atoms with E-state index < -0.39 is 23.4 Å². The van der Waals surface area contributed by atoms with Crippen molar-refractivity contribution in [2.24, 2.45) is 0 Å². The topological polar surface area (TPSA) is 148 Å². The normalized spacial score (nSPS) is 10.7. The fourth-order valence-corrected chi connectivity index (χ4v) is 4.70. The smallest absolute Gasteiger partial charge is 0.339 e. The molecular formula is C31H27NO7. The highest BCUT2D eigenvalue weighted by atomic mass is 16.4. The van der Waals surface area contributed by atoms with Crippen LogP contribution in [0.15, 0.2) is 66.7 Å². The van der Waals surface area contributed by atoms with Gasteiger partial charge in [0.25, 0.3) is 0 Å². The lowest BCUT2D eigenvalue weighted by Crippen LogP contribution is -2.04. The highest BCUT2D eigenvalue weighted by Gasteiger charge is 2.22.